The van der Waals surface area contributed by atoms with E-state index in [0.717, 1.165) is 19.6 Å². The summed E-state index contributed by atoms with van der Waals surface area (Å²) in [4.78, 5) is 14.9. The first-order valence-electron chi connectivity index (χ1n) is 8.32. The van der Waals surface area contributed by atoms with Crippen LogP contribution in [0.4, 0.5) is 0 Å². The number of methoxy groups -OCH3 is 1. The summed E-state index contributed by atoms with van der Waals surface area (Å²) in [6.07, 6.45) is 7.65. The molecule has 20 heavy (non-hydrogen) atoms. The molecule has 0 radical (unpaired) electrons. The van der Waals surface area contributed by atoms with Crippen LogP contribution in [0.25, 0.3) is 0 Å². The predicted octanol–water partition coefficient (Wildman–Crippen LogP) is 1.65. The lowest BCUT2D eigenvalue weighted by Gasteiger charge is -2.26. The number of carbonyl (C=O) groups excluding carboxylic acids is 1. The molecule has 114 valence electrons. The maximum atomic E-state index is 12.8. The van der Waals surface area contributed by atoms with Crippen molar-refractivity contribution in [2.24, 2.45) is 17.8 Å². The smallest absolute Gasteiger partial charge is 0.226 e. The van der Waals surface area contributed by atoms with Gasteiger partial charge in [0.2, 0.25) is 5.91 Å². The van der Waals surface area contributed by atoms with Gasteiger partial charge in [0.1, 0.15) is 0 Å². The van der Waals surface area contributed by atoms with Gasteiger partial charge in [-0.1, -0.05) is 12.8 Å². The fraction of sp³-hybridized carbons (Fsp3) is 0.938. The number of carbonyl (C=O) groups is 1. The van der Waals surface area contributed by atoms with Gasteiger partial charge in [0.15, 0.2) is 0 Å². The van der Waals surface area contributed by atoms with Crippen molar-refractivity contribution >= 4 is 5.91 Å². The van der Waals surface area contributed by atoms with Crippen LogP contribution in [0.3, 0.4) is 0 Å². The quantitative estimate of drug-likeness (QED) is 0.804. The van der Waals surface area contributed by atoms with Crippen LogP contribution in [0.5, 0.6) is 0 Å². The lowest BCUT2D eigenvalue weighted by Crippen LogP contribution is -2.43. The first-order valence-corrected chi connectivity index (χ1v) is 8.32. The normalized spacial score (nSPS) is 35.6. The largest absolute Gasteiger partial charge is 0.383 e. The Hall–Kier alpha value is -0.610. The molecule has 0 bridgehead atoms. The summed E-state index contributed by atoms with van der Waals surface area (Å²) in [7, 11) is 1.72. The Morgan fingerprint density at radius 2 is 1.95 bits per heavy atom. The van der Waals surface area contributed by atoms with Crippen LogP contribution in [-0.2, 0) is 9.53 Å². The van der Waals surface area contributed by atoms with Crippen LogP contribution >= 0.6 is 0 Å². The summed E-state index contributed by atoms with van der Waals surface area (Å²) < 4.78 is 5.19. The van der Waals surface area contributed by atoms with E-state index >= 15 is 0 Å². The molecule has 4 nitrogen and oxygen atoms in total. The van der Waals surface area contributed by atoms with Gasteiger partial charge < -0.3 is 15.0 Å². The van der Waals surface area contributed by atoms with Gasteiger partial charge in [0.25, 0.3) is 0 Å². The van der Waals surface area contributed by atoms with Crippen molar-refractivity contribution in [3.05, 3.63) is 0 Å². The predicted molar refractivity (Wildman–Crippen MR) is 78.4 cm³/mol. The number of hydrogen-bond acceptors (Lipinski definition) is 3. The van der Waals surface area contributed by atoms with Crippen molar-refractivity contribution in [3.63, 3.8) is 0 Å². The molecule has 1 saturated heterocycles. The third-order valence-electron chi connectivity index (χ3n) is 5.42. The number of nitrogens with zero attached hydrogens (tertiary/aromatic N) is 1. The van der Waals surface area contributed by atoms with Gasteiger partial charge in [-0.25, -0.2) is 0 Å². The van der Waals surface area contributed by atoms with E-state index in [1.54, 1.807) is 7.11 Å². The SMILES string of the molecule is COCCN(CC1CCCN1)C(=O)C1C2CCCCC21. The molecule has 4 heteroatoms. The second-order valence-electron chi connectivity index (χ2n) is 6.71. The molecule has 1 heterocycles. The van der Waals surface area contributed by atoms with Crippen molar-refractivity contribution < 1.29 is 9.53 Å². The fourth-order valence-corrected chi connectivity index (χ4v) is 4.24. The van der Waals surface area contributed by atoms with E-state index in [1.807, 2.05) is 0 Å². The summed E-state index contributed by atoms with van der Waals surface area (Å²) in [5.41, 5.74) is 0. The zero-order valence-corrected chi connectivity index (χ0v) is 12.6. The van der Waals surface area contributed by atoms with E-state index in [9.17, 15) is 4.79 Å². The maximum Gasteiger partial charge on any atom is 0.226 e. The fourth-order valence-electron chi connectivity index (χ4n) is 4.24. The van der Waals surface area contributed by atoms with Gasteiger partial charge in [-0.15, -0.1) is 0 Å². The van der Waals surface area contributed by atoms with Crippen molar-refractivity contribution in [2.45, 2.75) is 44.6 Å². The van der Waals surface area contributed by atoms with Crippen LogP contribution in [0.1, 0.15) is 38.5 Å². The molecule has 0 aromatic carbocycles. The third-order valence-corrected chi connectivity index (χ3v) is 5.42. The third kappa shape index (κ3) is 3.01. The summed E-state index contributed by atoms with van der Waals surface area (Å²) in [5, 5.41) is 3.51. The lowest BCUT2D eigenvalue weighted by atomic mass is 10.0. The molecule has 3 aliphatic rings. The standard InChI is InChI=1S/C16H28N2O2/c1-20-10-9-18(11-12-5-4-8-17-12)16(19)15-13-6-2-3-7-14(13)15/h12-15,17H,2-11H2,1H3. The molecule has 0 aromatic heterocycles. The Morgan fingerprint density at radius 3 is 2.55 bits per heavy atom. The first-order chi connectivity index (χ1) is 9.81. The van der Waals surface area contributed by atoms with Gasteiger partial charge >= 0.3 is 0 Å². The van der Waals surface area contributed by atoms with Gasteiger partial charge in [-0.3, -0.25) is 4.79 Å². The van der Waals surface area contributed by atoms with Crippen LogP contribution in [0.15, 0.2) is 0 Å². The molecule has 1 N–H and O–H groups in total. The molecule has 0 spiro atoms. The number of fused-ring (bicyclic) bond motifs is 1. The van der Waals surface area contributed by atoms with Gasteiger partial charge in [-0.2, -0.15) is 0 Å². The Bertz CT molecular complexity index is 329. The summed E-state index contributed by atoms with van der Waals surface area (Å²) >= 11 is 0. The summed E-state index contributed by atoms with van der Waals surface area (Å²) in [6.45, 7) is 3.38. The first kappa shape index (κ1) is 14.3. The molecule has 1 aliphatic heterocycles. The zero-order chi connectivity index (χ0) is 13.9. The van der Waals surface area contributed by atoms with E-state index in [4.69, 9.17) is 4.74 Å². The monoisotopic (exact) mass is 280 g/mol. The second kappa shape index (κ2) is 6.44. The Balaban J connectivity index is 1.57. The number of ether oxygens (including phenoxy) is 1. The molecule has 2 saturated carbocycles. The molecule has 3 unspecified atom stereocenters. The van der Waals surface area contributed by atoms with Crippen LogP contribution in [-0.4, -0.2) is 50.2 Å². The van der Waals surface area contributed by atoms with Crippen LogP contribution in [0.2, 0.25) is 0 Å². The summed E-state index contributed by atoms with van der Waals surface area (Å²) in [6, 6.07) is 0.497. The second-order valence-corrected chi connectivity index (χ2v) is 6.71. The molecule has 3 rings (SSSR count). The Labute approximate surface area is 122 Å². The highest BCUT2D eigenvalue weighted by Crippen LogP contribution is 2.56. The minimum atomic E-state index is 0.343. The molecule has 0 aromatic rings. The van der Waals surface area contributed by atoms with Crippen LogP contribution in [0, 0.1) is 17.8 Å². The van der Waals surface area contributed by atoms with Crippen LogP contribution < -0.4 is 5.32 Å². The van der Waals surface area contributed by atoms with Crippen molar-refractivity contribution in [1.29, 1.82) is 0 Å². The minimum Gasteiger partial charge on any atom is -0.383 e. The average Bonchev–Trinajstić information content (AvgIpc) is 2.97. The highest BCUT2D eigenvalue weighted by atomic mass is 16.5. The van der Waals surface area contributed by atoms with E-state index in [-0.39, 0.29) is 0 Å². The van der Waals surface area contributed by atoms with Gasteiger partial charge in [0.05, 0.1) is 6.61 Å². The molecular formula is C16H28N2O2. The summed E-state index contributed by atoms with van der Waals surface area (Å²) in [5.74, 6) is 2.17. The Morgan fingerprint density at radius 1 is 1.20 bits per heavy atom. The van der Waals surface area contributed by atoms with Gasteiger partial charge in [-0.05, 0) is 44.1 Å². The Kier molecular flexibility index (Phi) is 4.61. The van der Waals surface area contributed by atoms with E-state index in [2.05, 4.69) is 10.2 Å². The number of amides is 1. The topological polar surface area (TPSA) is 41.6 Å². The minimum absolute atomic E-state index is 0.343. The van der Waals surface area contributed by atoms with E-state index in [1.165, 1.54) is 38.5 Å². The molecule has 1 amide bonds. The molecule has 2 aliphatic carbocycles. The molecule has 3 fully saturated rings. The molecular weight excluding hydrogens is 252 g/mol. The van der Waals surface area contributed by atoms with Crippen molar-refractivity contribution in [1.82, 2.24) is 10.2 Å². The van der Waals surface area contributed by atoms with Crippen molar-refractivity contribution in [2.75, 3.05) is 33.4 Å². The number of nitrogens with one attached hydrogen (secondary N) is 1. The van der Waals surface area contributed by atoms with Gasteiger partial charge in [0, 0.05) is 32.2 Å². The van der Waals surface area contributed by atoms with E-state index < -0.39 is 0 Å². The highest BCUT2D eigenvalue weighted by molar-refractivity contribution is 5.82. The number of hydrogen-bond donors (Lipinski definition) is 1. The number of rotatable bonds is 6. The highest BCUT2D eigenvalue weighted by Gasteiger charge is 2.55. The zero-order valence-electron chi connectivity index (χ0n) is 12.6. The van der Waals surface area contributed by atoms with E-state index in [0.29, 0.717) is 36.3 Å². The maximum absolute atomic E-state index is 12.8. The van der Waals surface area contributed by atoms with Crippen molar-refractivity contribution in [3.8, 4) is 0 Å². The molecule has 3 atom stereocenters. The average molecular weight is 280 g/mol. The lowest BCUT2D eigenvalue weighted by molar-refractivity contribution is -0.134.